The molecule has 58 heteroatoms. The Kier molecular flexibility index (Phi) is 37.7. The third kappa shape index (κ3) is 22.5. The van der Waals surface area contributed by atoms with E-state index in [1.54, 1.807) is 0 Å². The number of aliphatic hydroxyl groups is 32. The third-order valence-corrected chi connectivity index (χ3v) is 23.8. The number of amides is 2. The summed E-state index contributed by atoms with van der Waals surface area (Å²) in [5, 5.41) is 362. The van der Waals surface area contributed by atoms with E-state index in [1.807, 2.05) is 0 Å². The third-order valence-electron chi connectivity index (χ3n) is 23.8. The Morgan fingerprint density at radius 1 is 0.219 bits per heavy atom. The van der Waals surface area contributed by atoms with Crippen molar-refractivity contribution in [1.29, 1.82) is 0 Å². The number of aliphatic hydroxyl groups excluding tert-OH is 32. The van der Waals surface area contributed by atoms with Gasteiger partial charge in [0.2, 0.25) is 11.8 Å². The molecule has 0 aliphatic carbocycles. The van der Waals surface area contributed by atoms with Crippen LogP contribution in [0.1, 0.15) is 13.8 Å². The van der Waals surface area contributed by atoms with Gasteiger partial charge in [0.05, 0.1) is 78.7 Å². The average Bonchev–Trinajstić information content (AvgIpc) is 0.758. The van der Waals surface area contributed by atoms with Crippen LogP contribution in [0, 0.1) is 0 Å². The zero-order valence-electron chi connectivity index (χ0n) is 67.8. The van der Waals surface area contributed by atoms with E-state index in [4.69, 9.17) is 105 Å². The smallest absolute Gasteiger partial charge is 0.217 e. The molecule has 0 radical (unpaired) electrons. The van der Waals surface area contributed by atoms with Crippen LogP contribution in [0.3, 0.4) is 0 Å². The molecule has 11 aliphatic rings. The van der Waals surface area contributed by atoms with Crippen molar-refractivity contribution < 1.29 is 272 Å². The number of carbonyl (C=O) groups excluding carboxylic acids is 2. The number of hydrogen-bond acceptors (Lipinski definition) is 56. The second-order valence-electron chi connectivity index (χ2n) is 32.4. The van der Waals surface area contributed by atoms with Crippen molar-refractivity contribution >= 4 is 11.8 Å². The Morgan fingerprint density at radius 3 is 0.789 bits per heavy atom. The van der Waals surface area contributed by atoms with Crippen molar-refractivity contribution in [2.75, 3.05) is 72.7 Å². The Morgan fingerprint density at radius 2 is 0.445 bits per heavy atom. The minimum Gasteiger partial charge on any atom is -0.394 e. The highest BCUT2D eigenvalue weighted by Gasteiger charge is 2.62. The standard InChI is InChI=1S/C70H119N3O55/c1-14(83)72-27-38(94)52(23(10-81)110-60(27)71)121-61-28(73-15(2)84)39(95)53(24(11-82)118-61)122-66-51(107)55(124-69-59(46(102)35(91)21(8-79)116-69)128-70-58(45(101)34(90)22(9-80)117-70)127-65-49(105)42(98)31(87)18(5-76)113-65)37(93)26(120-66)12-108-62-50(106)54(123-68-57(44(100)33(89)20(7-78)115-68)126-64-48(104)41(97)30(86)17(4-75)112-64)36(92)25(119-62)13-109-67-56(43(99)32(88)19(6-77)114-67)125-63-47(103)40(96)29(85)16(3-74)111-63/h16-70,74-82,85-107H,3-13,71H2,1-2H3,(H,72,83)(H,73,84)/t16-,17-,18-,19-,20-,21-,22-,23-,24-,25-,26-,27-,28-,29-,30-,31-,32-,33-,34-,35-,36-,37-,38-,39-,40+,41+,42+,43+,44+,45+,46+,47+,48+,49+,50+,51+,52-,53-,54+,55+,56+,57+,58+,59+,60-,61+,62+,63-,64-,65-,66+,67+,68-,69-,70-/m1/s1. The predicted molar refractivity (Wildman–Crippen MR) is 387 cm³/mol. The highest BCUT2D eigenvalue weighted by molar-refractivity contribution is 5.73. The van der Waals surface area contributed by atoms with Crippen molar-refractivity contribution in [2.24, 2.45) is 5.73 Å². The molecule has 0 spiro atoms. The van der Waals surface area contributed by atoms with Crippen molar-refractivity contribution in [1.82, 2.24) is 10.6 Å². The molecular formula is C70H119N3O55. The summed E-state index contributed by atoms with van der Waals surface area (Å²) in [6.45, 7) is -10.7. The van der Waals surface area contributed by atoms with Crippen LogP contribution in [0.5, 0.6) is 0 Å². The largest absolute Gasteiger partial charge is 0.394 e. The maximum atomic E-state index is 13.1. The fourth-order valence-electron chi connectivity index (χ4n) is 16.5. The normalized spacial score (nSPS) is 51.7. The lowest BCUT2D eigenvalue weighted by molar-refractivity contribution is -0.408. The van der Waals surface area contributed by atoms with Crippen molar-refractivity contribution in [2.45, 2.75) is 351 Å². The second kappa shape index (κ2) is 45.8. The van der Waals surface area contributed by atoms with Gasteiger partial charge in [-0.25, -0.2) is 0 Å². The highest BCUT2D eigenvalue weighted by atomic mass is 16.8. The Labute approximate surface area is 722 Å². The number of nitrogens with one attached hydrogen (secondary N) is 2. The van der Waals surface area contributed by atoms with Crippen LogP contribution in [0.2, 0.25) is 0 Å². The first-order valence-electron chi connectivity index (χ1n) is 40.8. The minimum atomic E-state index is -2.68. The summed E-state index contributed by atoms with van der Waals surface area (Å²) in [6.07, 6.45) is -116. The van der Waals surface area contributed by atoms with E-state index in [0.717, 1.165) is 13.8 Å². The van der Waals surface area contributed by atoms with Gasteiger partial charge in [-0.3, -0.25) is 9.59 Å². The first-order chi connectivity index (χ1) is 60.7. The zero-order chi connectivity index (χ0) is 94.0. The molecule has 11 fully saturated rings. The van der Waals surface area contributed by atoms with Crippen LogP contribution in [0.4, 0.5) is 0 Å². The van der Waals surface area contributed by atoms with Gasteiger partial charge in [0.15, 0.2) is 62.9 Å². The molecule has 2 amide bonds. The minimum absolute atomic E-state index is 0.744. The van der Waals surface area contributed by atoms with Gasteiger partial charge in [-0.05, 0) is 0 Å². The lowest BCUT2D eigenvalue weighted by Crippen LogP contribution is -2.71. The van der Waals surface area contributed by atoms with Crippen LogP contribution in [0.25, 0.3) is 0 Å². The molecule has 58 nitrogen and oxygen atoms in total. The number of rotatable bonds is 33. The van der Waals surface area contributed by atoms with Gasteiger partial charge >= 0.3 is 0 Å². The predicted octanol–water partition coefficient (Wildman–Crippen LogP) is -24.7. The molecule has 744 valence electrons. The Bertz CT molecular complexity index is 3390. The number of carbonyl (C=O) groups is 2. The average molecular weight is 1880 g/mol. The maximum Gasteiger partial charge on any atom is 0.217 e. The molecule has 0 saturated carbocycles. The highest BCUT2D eigenvalue weighted by Crippen LogP contribution is 2.42. The molecule has 11 saturated heterocycles. The van der Waals surface area contributed by atoms with Crippen molar-refractivity contribution in [3.05, 3.63) is 0 Å². The summed E-state index contributed by atoms with van der Waals surface area (Å²) in [6, 6.07) is -3.46. The molecular weight excluding hydrogens is 1760 g/mol. The lowest BCUT2D eigenvalue weighted by Gasteiger charge is -2.51. The lowest BCUT2D eigenvalue weighted by atomic mass is 9.93. The fraction of sp³-hybridized carbons (Fsp3) is 0.971. The van der Waals surface area contributed by atoms with Crippen LogP contribution in [-0.4, -0.2) is 585 Å². The first kappa shape index (κ1) is 105. The van der Waals surface area contributed by atoms with Crippen molar-refractivity contribution in [3.8, 4) is 0 Å². The van der Waals surface area contributed by atoms with E-state index in [2.05, 4.69) is 10.6 Å². The molecule has 0 unspecified atom stereocenters. The summed E-state index contributed by atoms with van der Waals surface area (Å²) in [5.41, 5.74) is 6.08. The quantitative estimate of drug-likeness (QED) is 0.0290. The van der Waals surface area contributed by atoms with E-state index in [0.29, 0.717) is 0 Å². The van der Waals surface area contributed by atoms with E-state index >= 15 is 0 Å². The molecule has 11 heterocycles. The molecule has 36 N–H and O–H groups in total. The summed E-state index contributed by atoms with van der Waals surface area (Å²) in [7, 11) is 0. The van der Waals surface area contributed by atoms with Crippen LogP contribution < -0.4 is 16.4 Å². The molecule has 128 heavy (non-hydrogen) atoms. The molecule has 11 rings (SSSR count). The van der Waals surface area contributed by atoms with Crippen LogP contribution >= 0.6 is 0 Å². The summed E-state index contributed by atoms with van der Waals surface area (Å²) in [4.78, 5) is 25.4. The van der Waals surface area contributed by atoms with E-state index in [1.165, 1.54) is 0 Å². The summed E-state index contributed by atoms with van der Waals surface area (Å²) >= 11 is 0. The molecule has 55 atom stereocenters. The Hall–Kier alpha value is -3.22. The summed E-state index contributed by atoms with van der Waals surface area (Å²) < 4.78 is 124. The Balaban J connectivity index is 0.961. The van der Waals surface area contributed by atoms with E-state index in [9.17, 15) is 173 Å². The molecule has 0 aromatic heterocycles. The molecule has 0 bridgehead atoms. The van der Waals surface area contributed by atoms with Gasteiger partial charge < -0.3 is 279 Å². The molecule has 0 aromatic carbocycles. The number of hydrogen-bond donors (Lipinski definition) is 35. The maximum absolute atomic E-state index is 13.1. The fourth-order valence-corrected chi connectivity index (χ4v) is 16.5. The summed E-state index contributed by atoms with van der Waals surface area (Å²) in [5.74, 6) is -1.72. The van der Waals surface area contributed by atoms with Crippen LogP contribution in [-0.2, 0) is 109 Å². The van der Waals surface area contributed by atoms with E-state index in [-0.39, 0.29) is 0 Å². The van der Waals surface area contributed by atoms with Gasteiger partial charge in [-0.1, -0.05) is 0 Å². The molecule has 11 aliphatic heterocycles. The van der Waals surface area contributed by atoms with Crippen molar-refractivity contribution in [3.63, 3.8) is 0 Å². The number of ether oxygens (including phenoxy) is 21. The number of nitrogens with two attached hydrogens (primary N) is 1. The van der Waals surface area contributed by atoms with Gasteiger partial charge in [-0.15, -0.1) is 0 Å². The van der Waals surface area contributed by atoms with Gasteiger partial charge in [0.25, 0.3) is 0 Å². The van der Waals surface area contributed by atoms with Gasteiger partial charge in [0.1, 0.15) is 269 Å². The topological polar surface area (TPSA) is 925 Å². The van der Waals surface area contributed by atoms with Gasteiger partial charge in [0, 0.05) is 13.8 Å². The SMILES string of the molecule is CC(=O)N[C@@H]1[C@@H](O)[C@H](O[C@@H]2O[C@H](CO)[C@@H](O[C@@H]3O[C@H](CO[C@H]4O[C@H](CO[C@H]5O[C@H](CO)[C@@H](O)[C@H](O)[C@@H]5O[C@H]5O[C@H](CO)[C@@H](O)[C@H](O)[C@@H]5O)[C@@H](O)[C@H](O[C@H]5O[C@H](CO)[C@@H](O)[C@H](O)[C@@H]5O[C@H]5O[C@H](CO)[C@@H](O)[C@H](O)[C@@H]5O)[C@@H]4O)[C@@H](O)[C@H](O[C@H]4O[C@H](CO)[C@@H](O)[C@H](O)[C@@H]4O[C@H]4O[C@H](CO)[C@@H](O)[C@H](O)[C@@H]4O[C@H]4O[C@H](CO)[C@@H](O)[C@H](O)[C@@H]4O)[C@@H]3O)[C@H](O)[C@H]2NC(C)=O)[C@@H](CO)O[C@H]1N. The zero-order valence-corrected chi connectivity index (χ0v) is 67.8. The van der Waals surface area contributed by atoms with E-state index < -0.39 is 422 Å². The first-order valence-corrected chi connectivity index (χ1v) is 40.8. The van der Waals surface area contributed by atoms with Gasteiger partial charge in [-0.2, -0.15) is 0 Å². The second-order valence-corrected chi connectivity index (χ2v) is 32.4. The van der Waals surface area contributed by atoms with Crippen LogP contribution in [0.15, 0.2) is 0 Å². The molecule has 0 aromatic rings. The monoisotopic (exact) mass is 1880 g/mol.